The molecule has 1 aliphatic rings. The van der Waals surface area contributed by atoms with Gasteiger partial charge in [-0.15, -0.1) is 0 Å². The minimum absolute atomic E-state index is 0.220. The zero-order chi connectivity index (χ0) is 17.7. The number of rotatable bonds is 2. The van der Waals surface area contributed by atoms with E-state index in [0.29, 0.717) is 5.06 Å². The summed E-state index contributed by atoms with van der Waals surface area (Å²) in [5.74, 6) is -1.27. The number of fused-ring (bicyclic) bond motifs is 2. The molecule has 2 amide bonds. The van der Waals surface area contributed by atoms with E-state index in [9.17, 15) is 14.4 Å². The van der Waals surface area contributed by atoms with Crippen LogP contribution in [0.4, 0.5) is 0 Å². The lowest BCUT2D eigenvalue weighted by Gasteiger charge is -2.12. The second kappa shape index (κ2) is 5.27. The van der Waals surface area contributed by atoms with E-state index < -0.39 is 17.8 Å². The number of imidazole rings is 1. The number of carbonyl (C=O) groups excluding carboxylic acids is 3. The fourth-order valence-electron chi connectivity index (χ4n) is 2.82. The van der Waals surface area contributed by atoms with Crippen LogP contribution in [-0.4, -0.2) is 32.4 Å². The van der Waals surface area contributed by atoms with Gasteiger partial charge in [-0.25, -0.2) is 9.78 Å². The molecule has 0 bridgehead atoms. The van der Waals surface area contributed by atoms with Crippen molar-refractivity contribution >= 4 is 28.8 Å². The van der Waals surface area contributed by atoms with Crippen LogP contribution in [0.1, 0.15) is 36.9 Å². The molecule has 0 unspecified atom stereocenters. The first-order valence-corrected chi connectivity index (χ1v) is 7.60. The Kier molecular flexibility index (Phi) is 3.18. The highest BCUT2D eigenvalue weighted by Crippen LogP contribution is 2.24. The molecule has 0 radical (unpaired) electrons. The van der Waals surface area contributed by atoms with Crippen molar-refractivity contribution in [2.45, 2.75) is 6.92 Å². The maximum Gasteiger partial charge on any atom is 0.364 e. The summed E-state index contributed by atoms with van der Waals surface area (Å²) in [6.07, 6.45) is 0. The molecular formula is C18H13N3O4. The predicted molar refractivity (Wildman–Crippen MR) is 87.8 cm³/mol. The third-order valence-electron chi connectivity index (χ3n) is 4.27. The van der Waals surface area contributed by atoms with Crippen molar-refractivity contribution in [3.05, 3.63) is 65.0 Å². The van der Waals surface area contributed by atoms with Gasteiger partial charge in [0.05, 0.1) is 27.7 Å². The molecule has 0 spiro atoms. The lowest BCUT2D eigenvalue weighted by atomic mass is 10.1. The summed E-state index contributed by atoms with van der Waals surface area (Å²) in [6, 6.07) is 11.2. The van der Waals surface area contributed by atoms with Crippen molar-refractivity contribution in [2.75, 3.05) is 0 Å². The molecule has 3 aromatic rings. The highest BCUT2D eigenvalue weighted by molar-refractivity contribution is 6.21. The Labute approximate surface area is 142 Å². The number of imide groups is 1. The monoisotopic (exact) mass is 335 g/mol. The van der Waals surface area contributed by atoms with Crippen molar-refractivity contribution in [1.29, 1.82) is 0 Å². The normalized spacial score (nSPS) is 13.4. The predicted octanol–water partition coefficient (Wildman–Crippen LogP) is 2.25. The van der Waals surface area contributed by atoms with Crippen molar-refractivity contribution < 1.29 is 19.2 Å². The third-order valence-corrected chi connectivity index (χ3v) is 4.27. The Hall–Kier alpha value is -3.48. The first-order valence-electron chi connectivity index (χ1n) is 7.60. The molecule has 2 heterocycles. The van der Waals surface area contributed by atoms with E-state index >= 15 is 0 Å². The zero-order valence-corrected chi connectivity index (χ0v) is 13.5. The second-order valence-electron chi connectivity index (χ2n) is 5.75. The van der Waals surface area contributed by atoms with Gasteiger partial charge in [-0.3, -0.25) is 9.59 Å². The summed E-state index contributed by atoms with van der Waals surface area (Å²) in [6.45, 7) is 1.86. The van der Waals surface area contributed by atoms with Gasteiger partial charge in [-0.05, 0) is 37.3 Å². The van der Waals surface area contributed by atoms with Crippen LogP contribution < -0.4 is 0 Å². The number of benzene rings is 2. The molecule has 7 nitrogen and oxygen atoms in total. The third kappa shape index (κ3) is 2.20. The van der Waals surface area contributed by atoms with Gasteiger partial charge in [0, 0.05) is 7.05 Å². The van der Waals surface area contributed by atoms with E-state index in [1.54, 1.807) is 30.3 Å². The molecule has 1 aromatic heterocycles. The van der Waals surface area contributed by atoms with E-state index in [4.69, 9.17) is 4.84 Å². The van der Waals surface area contributed by atoms with Gasteiger partial charge in [0.15, 0.2) is 0 Å². The van der Waals surface area contributed by atoms with Gasteiger partial charge in [-0.1, -0.05) is 17.2 Å². The fraction of sp³-hybridized carbons (Fsp3) is 0.111. The molecule has 4 rings (SSSR count). The van der Waals surface area contributed by atoms with E-state index in [-0.39, 0.29) is 16.7 Å². The number of aromatic nitrogens is 2. The van der Waals surface area contributed by atoms with Crippen LogP contribution in [0.3, 0.4) is 0 Å². The largest absolute Gasteiger partial charge is 0.364 e. The summed E-state index contributed by atoms with van der Waals surface area (Å²) >= 11 is 0. The summed E-state index contributed by atoms with van der Waals surface area (Å²) in [4.78, 5) is 46.3. The van der Waals surface area contributed by atoms with Gasteiger partial charge in [-0.2, -0.15) is 0 Å². The first-order chi connectivity index (χ1) is 12.0. The summed E-state index contributed by atoms with van der Waals surface area (Å²) in [5, 5.41) is 0.506. The highest BCUT2D eigenvalue weighted by Gasteiger charge is 2.38. The van der Waals surface area contributed by atoms with Crippen molar-refractivity contribution in [1.82, 2.24) is 14.6 Å². The SMILES string of the molecule is Cc1nc2ccc(C(=O)ON3C(=O)c4ccccc4C3=O)cc2n1C. The Morgan fingerprint density at radius 1 is 1.04 bits per heavy atom. The molecule has 0 N–H and O–H groups in total. The number of hydrogen-bond donors (Lipinski definition) is 0. The highest BCUT2D eigenvalue weighted by atomic mass is 16.7. The molecular weight excluding hydrogens is 322 g/mol. The summed E-state index contributed by atoms with van der Waals surface area (Å²) in [7, 11) is 1.84. The molecule has 0 saturated carbocycles. The Morgan fingerprint density at radius 3 is 2.32 bits per heavy atom. The molecule has 124 valence electrons. The van der Waals surface area contributed by atoms with Crippen LogP contribution in [-0.2, 0) is 11.9 Å². The molecule has 0 fully saturated rings. The molecule has 25 heavy (non-hydrogen) atoms. The van der Waals surface area contributed by atoms with Crippen molar-refractivity contribution in [3.8, 4) is 0 Å². The maximum absolute atomic E-state index is 12.4. The van der Waals surface area contributed by atoms with Crippen LogP contribution >= 0.6 is 0 Å². The molecule has 0 saturated heterocycles. The van der Waals surface area contributed by atoms with Gasteiger partial charge in [0.25, 0.3) is 11.8 Å². The number of nitrogens with zero attached hydrogens (tertiary/aromatic N) is 3. The minimum atomic E-state index is -0.782. The number of aryl methyl sites for hydroxylation is 2. The standard InChI is InChI=1S/C18H13N3O4/c1-10-19-14-8-7-11(9-15(14)20(10)2)18(24)25-21-16(22)12-5-3-4-6-13(12)17(21)23/h3-9H,1-2H3. The van der Waals surface area contributed by atoms with E-state index in [2.05, 4.69) is 4.98 Å². The van der Waals surface area contributed by atoms with E-state index in [1.165, 1.54) is 12.1 Å². The lowest BCUT2D eigenvalue weighted by Crippen LogP contribution is -2.32. The van der Waals surface area contributed by atoms with E-state index in [0.717, 1.165) is 16.9 Å². The lowest BCUT2D eigenvalue weighted by molar-refractivity contribution is -0.0584. The Bertz CT molecular complexity index is 1030. The number of hydrogen-bond acceptors (Lipinski definition) is 5. The van der Waals surface area contributed by atoms with Gasteiger partial charge < -0.3 is 9.40 Å². The average Bonchev–Trinajstić information content (AvgIpc) is 3.04. The molecule has 0 aliphatic carbocycles. The van der Waals surface area contributed by atoms with Gasteiger partial charge in [0.1, 0.15) is 5.82 Å². The molecule has 2 aromatic carbocycles. The Morgan fingerprint density at radius 2 is 1.68 bits per heavy atom. The quantitative estimate of drug-likeness (QED) is 0.671. The van der Waals surface area contributed by atoms with Crippen molar-refractivity contribution in [2.24, 2.45) is 7.05 Å². The van der Waals surface area contributed by atoms with Crippen LogP contribution in [0.5, 0.6) is 0 Å². The first kappa shape index (κ1) is 15.1. The minimum Gasteiger partial charge on any atom is -0.331 e. The average molecular weight is 335 g/mol. The number of amides is 2. The second-order valence-corrected chi connectivity index (χ2v) is 5.75. The summed E-state index contributed by atoms with van der Waals surface area (Å²) in [5.41, 5.74) is 2.18. The topological polar surface area (TPSA) is 81.5 Å². The number of carbonyl (C=O) groups is 3. The summed E-state index contributed by atoms with van der Waals surface area (Å²) < 4.78 is 1.84. The van der Waals surface area contributed by atoms with Crippen LogP contribution in [0, 0.1) is 6.92 Å². The van der Waals surface area contributed by atoms with Crippen LogP contribution in [0.25, 0.3) is 11.0 Å². The molecule has 1 aliphatic heterocycles. The fourth-order valence-corrected chi connectivity index (χ4v) is 2.82. The molecule has 7 heteroatoms. The van der Waals surface area contributed by atoms with Gasteiger partial charge in [0.2, 0.25) is 0 Å². The molecule has 0 atom stereocenters. The van der Waals surface area contributed by atoms with Crippen LogP contribution in [0.2, 0.25) is 0 Å². The Balaban J connectivity index is 1.64. The maximum atomic E-state index is 12.4. The van der Waals surface area contributed by atoms with E-state index in [1.807, 2.05) is 18.5 Å². The van der Waals surface area contributed by atoms with Crippen molar-refractivity contribution in [3.63, 3.8) is 0 Å². The van der Waals surface area contributed by atoms with Gasteiger partial charge >= 0.3 is 5.97 Å². The van der Waals surface area contributed by atoms with Crippen LogP contribution in [0.15, 0.2) is 42.5 Å². The zero-order valence-electron chi connectivity index (χ0n) is 13.5. The smallest absolute Gasteiger partial charge is 0.331 e. The number of hydroxylamine groups is 2.